The van der Waals surface area contributed by atoms with Crippen molar-refractivity contribution in [3.8, 4) is 22.9 Å². The number of methoxy groups -OCH3 is 1. The van der Waals surface area contributed by atoms with Crippen LogP contribution in [-0.2, 0) is 0 Å². The van der Waals surface area contributed by atoms with Crippen LogP contribution in [0.3, 0.4) is 0 Å². The van der Waals surface area contributed by atoms with Crippen molar-refractivity contribution in [2.45, 2.75) is 38.1 Å². The van der Waals surface area contributed by atoms with Crippen LogP contribution in [0.1, 0.15) is 38.0 Å². The second-order valence-corrected chi connectivity index (χ2v) is 6.74. The van der Waals surface area contributed by atoms with E-state index in [1.165, 1.54) is 6.42 Å². The third-order valence-electron chi connectivity index (χ3n) is 5.13. The fourth-order valence-corrected chi connectivity index (χ4v) is 3.76. The first-order chi connectivity index (χ1) is 11.7. The minimum Gasteiger partial charge on any atom is -0.493 e. The Morgan fingerprint density at radius 3 is 2.79 bits per heavy atom. The van der Waals surface area contributed by atoms with Gasteiger partial charge in [-0.1, -0.05) is 12.1 Å². The lowest BCUT2D eigenvalue weighted by Gasteiger charge is -2.10. The average Bonchev–Trinajstić information content (AvgIpc) is 3.13. The molecule has 2 N–H and O–H groups in total. The van der Waals surface area contributed by atoms with Crippen LogP contribution in [0.5, 0.6) is 11.5 Å². The molecule has 4 rings (SSSR count). The molecule has 24 heavy (non-hydrogen) atoms. The molecule has 1 aromatic carbocycles. The highest BCUT2D eigenvalue weighted by atomic mass is 16.5. The molecule has 1 aromatic heterocycles. The Balaban J connectivity index is 1.56. The molecule has 2 aliphatic carbocycles. The fraction of sp³-hybridized carbons (Fsp3) is 0.556. The number of aromatic nitrogens is 2. The Hall–Kier alpha value is -2.08. The van der Waals surface area contributed by atoms with E-state index in [9.17, 15) is 0 Å². The van der Waals surface area contributed by atoms with Crippen LogP contribution in [0.4, 0.5) is 0 Å². The molecular formula is C18H23N3O3. The average molecular weight is 329 g/mol. The highest BCUT2D eigenvalue weighted by Crippen LogP contribution is 2.58. The van der Waals surface area contributed by atoms with Gasteiger partial charge in [-0.15, -0.1) is 0 Å². The lowest BCUT2D eigenvalue weighted by molar-refractivity contribution is 0.294. The summed E-state index contributed by atoms with van der Waals surface area (Å²) in [5.41, 5.74) is 7.00. The molecule has 6 heteroatoms. The number of nitrogens with zero attached hydrogens (tertiary/aromatic N) is 2. The molecule has 0 aliphatic heterocycles. The number of rotatable bonds is 6. The van der Waals surface area contributed by atoms with E-state index in [2.05, 4.69) is 17.1 Å². The monoisotopic (exact) mass is 329 g/mol. The van der Waals surface area contributed by atoms with E-state index in [1.54, 1.807) is 7.11 Å². The number of fused-ring (bicyclic) bond motifs is 1. The summed E-state index contributed by atoms with van der Waals surface area (Å²) in [5, 5.41) is 4.15. The Kier molecular flexibility index (Phi) is 3.92. The zero-order chi connectivity index (χ0) is 16.7. The largest absolute Gasteiger partial charge is 0.493 e. The molecule has 0 amide bonds. The summed E-state index contributed by atoms with van der Waals surface area (Å²) in [5.74, 6) is 4.32. The van der Waals surface area contributed by atoms with E-state index in [0.717, 1.165) is 30.0 Å². The van der Waals surface area contributed by atoms with E-state index in [4.69, 9.17) is 19.7 Å². The van der Waals surface area contributed by atoms with Crippen LogP contribution >= 0.6 is 0 Å². The Bertz CT molecular complexity index is 730. The summed E-state index contributed by atoms with van der Waals surface area (Å²) in [7, 11) is 1.63. The van der Waals surface area contributed by atoms with Gasteiger partial charge in [0.25, 0.3) is 0 Å². The summed E-state index contributed by atoms with van der Waals surface area (Å²) >= 11 is 0. The molecule has 6 nitrogen and oxygen atoms in total. The lowest BCUT2D eigenvalue weighted by Crippen LogP contribution is -2.19. The highest BCUT2D eigenvalue weighted by molar-refractivity contribution is 5.60. The second-order valence-electron chi connectivity index (χ2n) is 6.74. The first kappa shape index (κ1) is 15.4. The topological polar surface area (TPSA) is 83.4 Å². The van der Waals surface area contributed by atoms with Gasteiger partial charge in [-0.25, -0.2) is 0 Å². The van der Waals surface area contributed by atoms with Crippen molar-refractivity contribution in [2.24, 2.45) is 17.6 Å². The zero-order valence-electron chi connectivity index (χ0n) is 14.1. The fourth-order valence-electron chi connectivity index (χ4n) is 3.76. The van der Waals surface area contributed by atoms with Crippen molar-refractivity contribution in [1.82, 2.24) is 10.1 Å². The van der Waals surface area contributed by atoms with E-state index in [-0.39, 0.29) is 6.04 Å². The molecule has 128 valence electrons. The molecule has 2 saturated carbocycles. The van der Waals surface area contributed by atoms with Crippen molar-refractivity contribution < 1.29 is 14.0 Å². The van der Waals surface area contributed by atoms with Gasteiger partial charge in [-0.3, -0.25) is 0 Å². The van der Waals surface area contributed by atoms with Crippen LogP contribution < -0.4 is 15.2 Å². The SMILES string of the molecule is CCCOc1ccc(-c2noc([C@@H]3C[C@H](N)[C@H]4C[C@H]43)n2)cc1OC. The summed E-state index contributed by atoms with van der Waals surface area (Å²) in [6.45, 7) is 2.73. The van der Waals surface area contributed by atoms with E-state index in [0.29, 0.717) is 35.9 Å². The summed E-state index contributed by atoms with van der Waals surface area (Å²) in [4.78, 5) is 4.61. The van der Waals surface area contributed by atoms with Gasteiger partial charge in [0.1, 0.15) is 0 Å². The quantitative estimate of drug-likeness (QED) is 0.877. The summed E-state index contributed by atoms with van der Waals surface area (Å²) in [6, 6.07) is 6.00. The predicted octanol–water partition coefficient (Wildman–Crippen LogP) is 2.98. The number of nitrogens with two attached hydrogens (primary N) is 1. The molecule has 0 saturated heterocycles. The number of ether oxygens (including phenoxy) is 2. The first-order valence-electron chi connectivity index (χ1n) is 8.61. The maximum Gasteiger partial charge on any atom is 0.230 e. The van der Waals surface area contributed by atoms with Crippen molar-refractivity contribution in [3.05, 3.63) is 24.1 Å². The molecule has 4 atom stereocenters. The molecule has 2 aliphatic rings. The first-order valence-corrected chi connectivity index (χ1v) is 8.61. The molecular weight excluding hydrogens is 306 g/mol. The van der Waals surface area contributed by atoms with E-state index in [1.807, 2.05) is 18.2 Å². The molecule has 1 heterocycles. The molecule has 2 aromatic rings. The summed E-state index contributed by atoms with van der Waals surface area (Å²) < 4.78 is 16.6. The van der Waals surface area contributed by atoms with Crippen molar-refractivity contribution >= 4 is 0 Å². The van der Waals surface area contributed by atoms with Crippen molar-refractivity contribution in [3.63, 3.8) is 0 Å². The van der Waals surface area contributed by atoms with Gasteiger partial charge in [-0.2, -0.15) is 4.98 Å². The number of benzene rings is 1. The van der Waals surface area contributed by atoms with Crippen molar-refractivity contribution in [2.75, 3.05) is 13.7 Å². The van der Waals surface area contributed by atoms with Gasteiger partial charge < -0.3 is 19.7 Å². The maximum absolute atomic E-state index is 6.14. The minimum atomic E-state index is 0.283. The van der Waals surface area contributed by atoms with Crippen LogP contribution in [0.15, 0.2) is 22.7 Å². The van der Waals surface area contributed by atoms with Crippen LogP contribution in [0.25, 0.3) is 11.4 Å². The van der Waals surface area contributed by atoms with E-state index >= 15 is 0 Å². The van der Waals surface area contributed by atoms with Gasteiger partial charge in [-0.05, 0) is 49.3 Å². The Labute approximate surface area is 141 Å². The maximum atomic E-state index is 6.14. The standard InChI is InChI=1S/C18H23N3O3/c1-3-6-23-15-5-4-10(7-16(15)22-2)17-20-18(24-21-17)13-9-14(19)12-8-11(12)13/h4-5,7,11-14H,3,6,8-9,19H2,1-2H3/t11-,12+,13-,14+/m1/s1. The molecule has 0 bridgehead atoms. The third-order valence-corrected chi connectivity index (χ3v) is 5.13. The smallest absolute Gasteiger partial charge is 0.230 e. The normalized spacial score (nSPS) is 27.8. The zero-order valence-corrected chi connectivity index (χ0v) is 14.1. The van der Waals surface area contributed by atoms with Crippen LogP contribution in [0.2, 0.25) is 0 Å². The second kappa shape index (κ2) is 6.09. The number of hydrogen-bond donors (Lipinski definition) is 1. The minimum absolute atomic E-state index is 0.283. The molecule has 0 unspecified atom stereocenters. The third kappa shape index (κ3) is 2.65. The molecule has 2 fully saturated rings. The molecule has 0 radical (unpaired) electrons. The highest BCUT2D eigenvalue weighted by Gasteiger charge is 2.55. The molecule has 0 spiro atoms. The van der Waals surface area contributed by atoms with Gasteiger partial charge in [0.15, 0.2) is 11.5 Å². The van der Waals surface area contributed by atoms with E-state index < -0.39 is 0 Å². The van der Waals surface area contributed by atoms with Gasteiger partial charge in [0.05, 0.1) is 13.7 Å². The van der Waals surface area contributed by atoms with Gasteiger partial charge >= 0.3 is 0 Å². The van der Waals surface area contributed by atoms with Crippen molar-refractivity contribution in [1.29, 1.82) is 0 Å². The summed E-state index contributed by atoms with van der Waals surface area (Å²) in [6.07, 6.45) is 3.09. The lowest BCUT2D eigenvalue weighted by atomic mass is 10.0. The number of hydrogen-bond acceptors (Lipinski definition) is 6. The Morgan fingerprint density at radius 2 is 2.12 bits per heavy atom. The Morgan fingerprint density at radius 1 is 1.25 bits per heavy atom. The van der Waals surface area contributed by atoms with Gasteiger partial charge in [0.2, 0.25) is 11.7 Å². The van der Waals surface area contributed by atoms with Crippen LogP contribution in [-0.4, -0.2) is 29.9 Å². The van der Waals surface area contributed by atoms with Crippen LogP contribution in [0, 0.1) is 11.8 Å². The van der Waals surface area contributed by atoms with Gasteiger partial charge in [0, 0.05) is 17.5 Å². The predicted molar refractivity (Wildman–Crippen MR) is 89.0 cm³/mol.